The van der Waals surface area contributed by atoms with Crippen molar-refractivity contribution in [2.45, 2.75) is 25.5 Å². The standard InChI is InChI=1S/C12H14F2N2O/c1-2-3-7-11(16-15)9-5-4-6-10(8-9)17-12(13)14/h1,4-6,8,11-12,16H,3,7,15H2. The van der Waals surface area contributed by atoms with Crippen molar-refractivity contribution in [2.75, 3.05) is 0 Å². The molecule has 0 bridgehead atoms. The van der Waals surface area contributed by atoms with Crippen molar-refractivity contribution in [3.8, 4) is 18.1 Å². The molecule has 1 aromatic carbocycles. The first-order valence-corrected chi connectivity index (χ1v) is 5.11. The molecule has 0 fully saturated rings. The van der Waals surface area contributed by atoms with Crippen LogP contribution in [-0.4, -0.2) is 6.61 Å². The average Bonchev–Trinajstić information content (AvgIpc) is 2.30. The van der Waals surface area contributed by atoms with Gasteiger partial charge < -0.3 is 4.74 Å². The van der Waals surface area contributed by atoms with Gasteiger partial charge in [-0.2, -0.15) is 8.78 Å². The molecule has 0 amide bonds. The first kappa shape index (κ1) is 13.4. The van der Waals surface area contributed by atoms with Crippen molar-refractivity contribution >= 4 is 0 Å². The van der Waals surface area contributed by atoms with Gasteiger partial charge in [-0.25, -0.2) is 0 Å². The monoisotopic (exact) mass is 240 g/mol. The third kappa shape index (κ3) is 4.39. The second-order valence-corrected chi connectivity index (χ2v) is 3.41. The van der Waals surface area contributed by atoms with Crippen LogP contribution in [0.3, 0.4) is 0 Å². The summed E-state index contributed by atoms with van der Waals surface area (Å²) in [6.07, 6.45) is 6.34. The minimum Gasteiger partial charge on any atom is -0.435 e. The summed E-state index contributed by atoms with van der Waals surface area (Å²) in [5.74, 6) is 8.00. The average molecular weight is 240 g/mol. The molecule has 0 aliphatic heterocycles. The van der Waals surface area contributed by atoms with Gasteiger partial charge in [-0.15, -0.1) is 12.3 Å². The number of hydrogen-bond acceptors (Lipinski definition) is 3. The van der Waals surface area contributed by atoms with E-state index in [1.807, 2.05) is 0 Å². The van der Waals surface area contributed by atoms with Crippen molar-refractivity contribution in [3.05, 3.63) is 29.8 Å². The van der Waals surface area contributed by atoms with Crippen LogP contribution in [0.4, 0.5) is 8.78 Å². The molecule has 3 N–H and O–H groups in total. The highest BCUT2D eigenvalue weighted by Gasteiger charge is 2.11. The van der Waals surface area contributed by atoms with E-state index in [0.29, 0.717) is 12.8 Å². The van der Waals surface area contributed by atoms with Gasteiger partial charge in [-0.1, -0.05) is 12.1 Å². The third-order valence-corrected chi connectivity index (χ3v) is 2.26. The van der Waals surface area contributed by atoms with E-state index >= 15 is 0 Å². The number of alkyl halides is 2. The Morgan fingerprint density at radius 3 is 2.82 bits per heavy atom. The number of rotatable bonds is 6. The number of nitrogens with two attached hydrogens (primary N) is 1. The van der Waals surface area contributed by atoms with Crippen molar-refractivity contribution < 1.29 is 13.5 Å². The van der Waals surface area contributed by atoms with Crippen LogP contribution in [0.25, 0.3) is 0 Å². The number of benzene rings is 1. The molecule has 0 radical (unpaired) electrons. The first-order valence-electron chi connectivity index (χ1n) is 5.11. The lowest BCUT2D eigenvalue weighted by Crippen LogP contribution is -2.27. The van der Waals surface area contributed by atoms with E-state index in [9.17, 15) is 8.78 Å². The van der Waals surface area contributed by atoms with Crippen LogP contribution in [0.2, 0.25) is 0 Å². The Balaban J connectivity index is 2.78. The number of halogens is 2. The molecular weight excluding hydrogens is 226 g/mol. The number of terminal acetylenes is 1. The highest BCUT2D eigenvalue weighted by atomic mass is 19.3. The Morgan fingerprint density at radius 2 is 2.24 bits per heavy atom. The number of hydrazine groups is 1. The fourth-order valence-electron chi connectivity index (χ4n) is 1.48. The van der Waals surface area contributed by atoms with E-state index < -0.39 is 6.61 Å². The summed E-state index contributed by atoms with van der Waals surface area (Å²) in [6.45, 7) is -2.83. The zero-order chi connectivity index (χ0) is 12.7. The van der Waals surface area contributed by atoms with Gasteiger partial charge in [0, 0.05) is 12.5 Å². The SMILES string of the molecule is C#CCCC(NN)c1cccc(OC(F)F)c1. The Labute approximate surface area is 98.9 Å². The first-order chi connectivity index (χ1) is 8.17. The van der Waals surface area contributed by atoms with Gasteiger partial charge in [0.2, 0.25) is 0 Å². The molecule has 0 aliphatic rings. The van der Waals surface area contributed by atoms with Crippen molar-refractivity contribution in [2.24, 2.45) is 5.84 Å². The molecule has 17 heavy (non-hydrogen) atoms. The molecule has 0 spiro atoms. The molecule has 0 aromatic heterocycles. The largest absolute Gasteiger partial charge is 0.435 e. The van der Waals surface area contributed by atoms with E-state index in [1.54, 1.807) is 12.1 Å². The molecule has 1 rings (SSSR count). The summed E-state index contributed by atoms with van der Waals surface area (Å²) in [5.41, 5.74) is 3.36. The summed E-state index contributed by atoms with van der Waals surface area (Å²) in [6, 6.07) is 6.22. The number of ether oxygens (including phenoxy) is 1. The fraction of sp³-hybridized carbons (Fsp3) is 0.333. The molecule has 92 valence electrons. The summed E-state index contributed by atoms with van der Waals surface area (Å²) in [7, 11) is 0. The second-order valence-electron chi connectivity index (χ2n) is 3.41. The lowest BCUT2D eigenvalue weighted by Gasteiger charge is -2.16. The maximum Gasteiger partial charge on any atom is 0.387 e. The van der Waals surface area contributed by atoms with Gasteiger partial charge in [0.25, 0.3) is 0 Å². The lowest BCUT2D eigenvalue weighted by atomic mass is 10.0. The summed E-state index contributed by atoms with van der Waals surface area (Å²) >= 11 is 0. The number of hydrogen-bond donors (Lipinski definition) is 2. The van der Waals surface area contributed by atoms with Crippen LogP contribution in [0.1, 0.15) is 24.4 Å². The number of nitrogens with one attached hydrogen (secondary N) is 1. The quantitative estimate of drug-likeness (QED) is 0.455. The van der Waals surface area contributed by atoms with Crippen molar-refractivity contribution in [1.29, 1.82) is 0 Å². The zero-order valence-electron chi connectivity index (χ0n) is 9.20. The van der Waals surface area contributed by atoms with E-state index in [4.69, 9.17) is 12.3 Å². The van der Waals surface area contributed by atoms with Gasteiger partial charge in [0.05, 0.1) is 0 Å². The summed E-state index contributed by atoms with van der Waals surface area (Å²) < 4.78 is 28.4. The summed E-state index contributed by atoms with van der Waals surface area (Å²) in [4.78, 5) is 0. The van der Waals surface area contributed by atoms with Gasteiger partial charge in [0.15, 0.2) is 0 Å². The topological polar surface area (TPSA) is 47.3 Å². The molecule has 0 aliphatic carbocycles. The third-order valence-electron chi connectivity index (χ3n) is 2.26. The second kappa shape index (κ2) is 6.84. The molecule has 1 unspecified atom stereocenters. The van der Waals surface area contributed by atoms with Crippen LogP contribution in [-0.2, 0) is 0 Å². The Kier molecular flexibility index (Phi) is 5.40. The highest BCUT2D eigenvalue weighted by molar-refractivity contribution is 5.30. The van der Waals surface area contributed by atoms with Crippen LogP contribution < -0.4 is 16.0 Å². The normalized spacial score (nSPS) is 12.2. The van der Waals surface area contributed by atoms with Gasteiger partial charge >= 0.3 is 6.61 Å². The van der Waals surface area contributed by atoms with E-state index in [-0.39, 0.29) is 11.8 Å². The maximum absolute atomic E-state index is 12.0. The minimum atomic E-state index is -2.83. The van der Waals surface area contributed by atoms with Crippen molar-refractivity contribution in [3.63, 3.8) is 0 Å². The van der Waals surface area contributed by atoms with Gasteiger partial charge in [-0.05, 0) is 24.1 Å². The van der Waals surface area contributed by atoms with E-state index in [1.165, 1.54) is 12.1 Å². The van der Waals surface area contributed by atoms with Crippen molar-refractivity contribution in [1.82, 2.24) is 5.43 Å². The molecular formula is C12H14F2N2O. The predicted molar refractivity (Wildman–Crippen MR) is 61.2 cm³/mol. The van der Waals surface area contributed by atoms with E-state index in [0.717, 1.165) is 5.56 Å². The Hall–Kier alpha value is -1.64. The molecule has 5 heteroatoms. The molecule has 0 saturated heterocycles. The molecule has 3 nitrogen and oxygen atoms in total. The minimum absolute atomic E-state index is 0.110. The highest BCUT2D eigenvalue weighted by Crippen LogP contribution is 2.23. The van der Waals surface area contributed by atoms with Crippen LogP contribution in [0, 0.1) is 12.3 Å². The molecule has 0 heterocycles. The van der Waals surface area contributed by atoms with Crippen LogP contribution >= 0.6 is 0 Å². The fourth-order valence-corrected chi connectivity index (χ4v) is 1.48. The van der Waals surface area contributed by atoms with Crippen LogP contribution in [0.15, 0.2) is 24.3 Å². The maximum atomic E-state index is 12.0. The zero-order valence-corrected chi connectivity index (χ0v) is 9.20. The van der Waals surface area contributed by atoms with Gasteiger partial charge in [0.1, 0.15) is 5.75 Å². The van der Waals surface area contributed by atoms with Gasteiger partial charge in [-0.3, -0.25) is 11.3 Å². The predicted octanol–water partition coefficient (Wildman–Crippen LogP) is 2.21. The molecule has 1 atom stereocenters. The molecule has 1 aromatic rings. The van der Waals surface area contributed by atoms with Crippen LogP contribution in [0.5, 0.6) is 5.75 Å². The lowest BCUT2D eigenvalue weighted by molar-refractivity contribution is -0.0499. The Bertz CT molecular complexity index is 390. The summed E-state index contributed by atoms with van der Waals surface area (Å²) in [5, 5.41) is 0. The smallest absolute Gasteiger partial charge is 0.387 e. The van der Waals surface area contributed by atoms with E-state index in [2.05, 4.69) is 16.1 Å². The molecule has 0 saturated carbocycles. The Morgan fingerprint density at radius 1 is 1.47 bits per heavy atom.